The van der Waals surface area contributed by atoms with Crippen molar-refractivity contribution in [2.24, 2.45) is 0 Å². The van der Waals surface area contributed by atoms with Crippen molar-refractivity contribution in [3.05, 3.63) is 131 Å². The van der Waals surface area contributed by atoms with Crippen molar-refractivity contribution in [3.8, 4) is 107 Å². The normalized spacial score (nSPS) is 13.4. The smallest absolute Gasteiger partial charge is 0.399 e. The van der Waals surface area contributed by atoms with Gasteiger partial charge in [-0.2, -0.15) is 0 Å². The number of benzene rings is 3. The predicted octanol–water partition coefficient (Wildman–Crippen LogP) is 10.4. The minimum atomic E-state index is -0.393. The number of hydrogen-bond acceptors (Lipinski definition) is 5. The molecule has 3 aromatic carbocycles. The number of pyridine rings is 3. The van der Waals surface area contributed by atoms with E-state index < -0.39 is 7.12 Å². The zero-order chi connectivity index (χ0) is 50.1. The predicted molar refractivity (Wildman–Crippen MR) is 303 cm³/mol. The van der Waals surface area contributed by atoms with Crippen LogP contribution in [0.15, 0.2) is 115 Å². The molecule has 0 spiro atoms. The Morgan fingerprint density at radius 1 is 0.514 bits per heavy atom. The van der Waals surface area contributed by atoms with Gasteiger partial charge in [0.05, 0.1) is 11.2 Å². The van der Waals surface area contributed by atoms with Gasteiger partial charge in [-0.25, -0.2) is 0 Å². The number of fused-ring (bicyclic) bond motifs is 3. The first-order valence-electron chi connectivity index (χ1n) is 22.1. The molecule has 8 nitrogen and oxygen atoms in total. The van der Waals surface area contributed by atoms with Crippen molar-refractivity contribution < 1.29 is 9.31 Å². The van der Waals surface area contributed by atoms with Gasteiger partial charge < -0.3 is 23.4 Å². The Balaban J connectivity index is 0.000000212. The molecule has 1 saturated heterocycles. The molecule has 3 aliphatic rings. The average Bonchev–Trinajstić information content (AvgIpc) is 4.28. The Morgan fingerprint density at radius 3 is 1.28 bits per heavy atom. The van der Waals surface area contributed by atoms with Crippen molar-refractivity contribution in [1.29, 1.82) is 0 Å². The fraction of sp³-hybridized carbons (Fsp3) is 0.262. The first-order chi connectivity index (χ1) is 33.7. The minimum Gasteiger partial charge on any atom is -0.399 e. The van der Waals surface area contributed by atoms with Crippen molar-refractivity contribution >= 4 is 76.8 Å². The summed E-state index contributed by atoms with van der Waals surface area (Å²) in [5.74, 6) is 45.6. The summed E-state index contributed by atoms with van der Waals surface area (Å²) in [4.78, 5) is 38.5. The van der Waals surface area contributed by atoms with Gasteiger partial charge in [-0.15, -0.1) is 0 Å². The molecule has 9 rings (SSSR count). The highest BCUT2D eigenvalue weighted by Gasteiger charge is 2.51. The summed E-state index contributed by atoms with van der Waals surface area (Å²) in [5.41, 5.74) is 0.442. The number of aromatic nitrogens is 3. The Morgan fingerprint density at radius 2 is 0.875 bits per heavy atom. The summed E-state index contributed by atoms with van der Waals surface area (Å²) in [6.45, 7) is 11.6. The van der Waals surface area contributed by atoms with Gasteiger partial charge in [0, 0.05) is 55.8 Å². The molecular formula is C61H52BBr2N3O5. The maximum Gasteiger partial charge on any atom is 0.494 e. The summed E-state index contributed by atoms with van der Waals surface area (Å²) in [5, 5.41) is 5.20. The van der Waals surface area contributed by atoms with Gasteiger partial charge in [0.2, 0.25) is 0 Å². The SMILES string of the molecule is C.C.CC#CC#CC#CC#CC#CC#CC#CC#CC#CC.CC1(C)OB(c2ccc3c(=O)n(C4CC4)ccc3c2)OC1(C)C.O=c1[nH]ccc2cc(Br)ccc12.O=c1c2ccc(Br)cc2ccn1C1CC1. The summed E-state index contributed by atoms with van der Waals surface area (Å²) < 4.78 is 17.9. The lowest BCUT2D eigenvalue weighted by Crippen LogP contribution is -2.41. The summed E-state index contributed by atoms with van der Waals surface area (Å²) in [6, 6.07) is 24.0. The number of aromatic amines is 1. The molecule has 1 aliphatic heterocycles. The zero-order valence-corrected chi connectivity index (χ0v) is 42.6. The second-order valence-electron chi connectivity index (χ2n) is 16.7. The quantitative estimate of drug-likeness (QED) is 0.141. The number of nitrogens with one attached hydrogen (secondary N) is 1. The van der Waals surface area contributed by atoms with Crippen LogP contribution in [-0.4, -0.2) is 32.4 Å². The molecule has 72 heavy (non-hydrogen) atoms. The highest BCUT2D eigenvalue weighted by atomic mass is 79.9. The van der Waals surface area contributed by atoms with Crippen LogP contribution in [0, 0.1) is 107 Å². The Hall–Kier alpha value is -7.73. The van der Waals surface area contributed by atoms with Gasteiger partial charge in [0.15, 0.2) is 0 Å². The van der Waals surface area contributed by atoms with E-state index in [9.17, 15) is 14.4 Å². The number of rotatable bonds is 3. The standard InChI is InChI=1S/C20H6.C18H22BNO3.C12H10BrNO.C9H6BrNO.2CH4/c1-3-5-7-9-11-13-15-17-19-20-18-16-14-12-10-8-6-4-2;1-17(2)18(3,4)23-19(22-17)13-5-8-15-12(11-13)9-10-20(16(15)21)14-6-7-14;13-9-1-4-11-8(7-9)5-6-14(12(11)15)10-2-3-10;10-7-1-2-8-6(5-7)3-4-11-9(8)12;;/h1-2H3;5,8-11,14H,6-7H2,1-4H3;1,4-7,10H,2-3H2;1-5H,(H,11,12);2*1H4. The molecule has 6 aromatic rings. The molecular weight excluding hydrogens is 1030 g/mol. The number of H-pyrrole nitrogens is 1. The molecule has 0 atom stereocenters. The molecule has 0 bridgehead atoms. The second kappa shape index (κ2) is 27.0. The van der Waals surface area contributed by atoms with Crippen molar-refractivity contribution in [2.75, 3.05) is 0 Å². The fourth-order valence-corrected chi connectivity index (χ4v) is 7.40. The van der Waals surface area contributed by atoms with Gasteiger partial charge in [-0.05, 0) is 244 Å². The van der Waals surface area contributed by atoms with E-state index in [0.29, 0.717) is 12.1 Å². The molecule has 358 valence electrons. The van der Waals surface area contributed by atoms with Crippen LogP contribution >= 0.6 is 31.9 Å². The minimum absolute atomic E-state index is 0. The van der Waals surface area contributed by atoms with Crippen molar-refractivity contribution in [2.45, 2.75) is 105 Å². The van der Waals surface area contributed by atoms with E-state index in [1.54, 1.807) is 26.1 Å². The fourth-order valence-electron chi connectivity index (χ4n) is 6.65. The van der Waals surface area contributed by atoms with E-state index in [-0.39, 0.29) is 42.7 Å². The Kier molecular flexibility index (Phi) is 21.3. The molecule has 0 amide bonds. The van der Waals surface area contributed by atoms with Crippen molar-refractivity contribution in [3.63, 3.8) is 0 Å². The van der Waals surface area contributed by atoms with E-state index in [1.165, 1.54) is 0 Å². The summed E-state index contributed by atoms with van der Waals surface area (Å²) in [7, 11) is -0.393. The lowest BCUT2D eigenvalue weighted by molar-refractivity contribution is 0.00578. The first kappa shape index (κ1) is 56.9. The van der Waals surface area contributed by atoms with E-state index >= 15 is 0 Å². The van der Waals surface area contributed by atoms with Crippen LogP contribution in [-0.2, 0) is 9.31 Å². The first-order valence-corrected chi connectivity index (χ1v) is 23.7. The average molecular weight is 1080 g/mol. The summed E-state index contributed by atoms with van der Waals surface area (Å²) in [6.07, 6.45) is 9.97. The molecule has 2 saturated carbocycles. The van der Waals surface area contributed by atoms with Gasteiger partial charge in [0.25, 0.3) is 16.7 Å². The number of halogens is 2. The van der Waals surface area contributed by atoms with E-state index in [2.05, 4.69) is 143 Å². The lowest BCUT2D eigenvalue weighted by atomic mass is 9.78. The molecule has 3 aromatic heterocycles. The van der Waals surface area contributed by atoms with E-state index in [4.69, 9.17) is 9.31 Å². The van der Waals surface area contributed by atoms with Gasteiger partial charge in [0.1, 0.15) is 0 Å². The highest BCUT2D eigenvalue weighted by Crippen LogP contribution is 2.37. The van der Waals surface area contributed by atoms with Crippen molar-refractivity contribution in [1.82, 2.24) is 14.1 Å². The molecule has 0 radical (unpaired) electrons. The third-order valence-electron chi connectivity index (χ3n) is 11.2. The van der Waals surface area contributed by atoms with Crippen LogP contribution in [0.1, 0.15) is 94.2 Å². The Labute approximate surface area is 440 Å². The van der Waals surface area contributed by atoms with Crippen LogP contribution in [0.25, 0.3) is 32.3 Å². The van der Waals surface area contributed by atoms with E-state index in [0.717, 1.165) is 72.4 Å². The van der Waals surface area contributed by atoms with Gasteiger partial charge in [-0.1, -0.05) is 70.7 Å². The Bertz CT molecular complexity index is 3690. The topological polar surface area (TPSA) is 95.3 Å². The summed E-state index contributed by atoms with van der Waals surface area (Å²) >= 11 is 6.75. The van der Waals surface area contributed by atoms with Crippen LogP contribution in [0.2, 0.25) is 0 Å². The maximum absolute atomic E-state index is 12.5. The third kappa shape index (κ3) is 15.9. The number of nitrogens with zero attached hydrogens (tertiary/aromatic N) is 2. The van der Waals surface area contributed by atoms with Crippen LogP contribution in [0.5, 0.6) is 0 Å². The molecule has 3 fully saturated rings. The molecule has 11 heteroatoms. The van der Waals surface area contributed by atoms with Gasteiger partial charge >= 0.3 is 7.12 Å². The zero-order valence-electron chi connectivity index (χ0n) is 39.4. The molecule has 0 unspecified atom stereocenters. The molecule has 1 N–H and O–H groups in total. The van der Waals surface area contributed by atoms with Gasteiger partial charge in [-0.3, -0.25) is 14.4 Å². The third-order valence-corrected chi connectivity index (χ3v) is 12.2. The van der Waals surface area contributed by atoms with Crippen LogP contribution in [0.4, 0.5) is 0 Å². The maximum atomic E-state index is 12.5. The lowest BCUT2D eigenvalue weighted by Gasteiger charge is -2.32. The van der Waals surface area contributed by atoms with Crippen LogP contribution < -0.4 is 22.1 Å². The highest BCUT2D eigenvalue weighted by molar-refractivity contribution is 9.10. The second-order valence-corrected chi connectivity index (χ2v) is 18.6. The number of hydrogen-bond donors (Lipinski definition) is 1. The molecule has 2 aliphatic carbocycles. The monoisotopic (exact) mass is 1080 g/mol. The molecule has 4 heterocycles. The largest absolute Gasteiger partial charge is 0.494 e. The van der Waals surface area contributed by atoms with E-state index in [1.807, 2.05) is 116 Å². The van der Waals surface area contributed by atoms with Crippen LogP contribution in [0.3, 0.4) is 0 Å².